The summed E-state index contributed by atoms with van der Waals surface area (Å²) in [7, 11) is 1.52. The molecule has 0 amide bonds. The van der Waals surface area contributed by atoms with Gasteiger partial charge in [0, 0.05) is 12.8 Å². The van der Waals surface area contributed by atoms with Gasteiger partial charge < -0.3 is 24.1 Å². The summed E-state index contributed by atoms with van der Waals surface area (Å²) >= 11 is 0. The lowest BCUT2D eigenvalue weighted by molar-refractivity contribution is -0.153. The van der Waals surface area contributed by atoms with E-state index in [0.29, 0.717) is 30.3 Å². The van der Waals surface area contributed by atoms with E-state index in [0.717, 1.165) is 12.8 Å². The molecule has 1 fully saturated rings. The highest BCUT2D eigenvalue weighted by molar-refractivity contribution is 5.76. The fourth-order valence-electron chi connectivity index (χ4n) is 2.28. The van der Waals surface area contributed by atoms with E-state index in [9.17, 15) is 9.90 Å². The number of aliphatic hydroxyl groups excluding tert-OH is 1. The fraction of sp³-hybridized carbons (Fsp3) is 0.562. The molecule has 1 aromatic carbocycles. The van der Waals surface area contributed by atoms with Crippen LogP contribution in [0.4, 0.5) is 0 Å². The summed E-state index contributed by atoms with van der Waals surface area (Å²) < 4.78 is 21.3. The molecule has 0 aromatic heterocycles. The molecule has 1 aromatic rings. The smallest absolute Gasteiger partial charge is 0.339 e. The Balaban J connectivity index is 2.11. The Hall–Kier alpha value is -1.79. The predicted molar refractivity (Wildman–Crippen MR) is 79.1 cm³/mol. The molecule has 0 radical (unpaired) electrons. The fourth-order valence-corrected chi connectivity index (χ4v) is 2.28. The molecule has 1 aliphatic heterocycles. The van der Waals surface area contributed by atoms with E-state index in [1.54, 1.807) is 25.1 Å². The second kappa shape index (κ2) is 8.00. The average molecular weight is 310 g/mol. The molecule has 6 nitrogen and oxygen atoms in total. The molecule has 1 heterocycles. The van der Waals surface area contributed by atoms with Gasteiger partial charge in [-0.05, 0) is 24.6 Å². The Kier molecular flexibility index (Phi) is 6.03. The van der Waals surface area contributed by atoms with Crippen molar-refractivity contribution in [3.8, 4) is 11.5 Å². The van der Waals surface area contributed by atoms with Crippen LogP contribution in [0, 0.1) is 0 Å². The van der Waals surface area contributed by atoms with Gasteiger partial charge in [-0.15, -0.1) is 0 Å². The van der Waals surface area contributed by atoms with Crippen molar-refractivity contribution in [2.75, 3.05) is 26.9 Å². The standard InChI is InChI=1S/C16H22O6/c1-3-21-16(18)15(17)11-4-5-13(14(10-11)19-2)22-12-6-8-20-9-7-12/h4-5,10,12,15,17H,3,6-9H2,1-2H3. The van der Waals surface area contributed by atoms with Crippen molar-refractivity contribution in [1.82, 2.24) is 0 Å². The Morgan fingerprint density at radius 3 is 2.73 bits per heavy atom. The normalized spacial score (nSPS) is 16.9. The number of aliphatic hydroxyl groups is 1. The van der Waals surface area contributed by atoms with Crippen LogP contribution in [-0.2, 0) is 14.3 Å². The van der Waals surface area contributed by atoms with E-state index < -0.39 is 12.1 Å². The predicted octanol–water partition coefficient (Wildman–Crippen LogP) is 1.85. The third kappa shape index (κ3) is 4.11. The Morgan fingerprint density at radius 2 is 2.09 bits per heavy atom. The maximum absolute atomic E-state index is 11.6. The van der Waals surface area contributed by atoms with E-state index in [1.807, 2.05) is 0 Å². The first kappa shape index (κ1) is 16.6. The van der Waals surface area contributed by atoms with E-state index in [-0.39, 0.29) is 12.7 Å². The first-order valence-corrected chi connectivity index (χ1v) is 7.42. The SMILES string of the molecule is CCOC(=O)C(O)c1ccc(OC2CCOCC2)c(OC)c1. The van der Waals surface area contributed by atoms with Gasteiger partial charge in [0.05, 0.1) is 26.9 Å². The number of hydrogen-bond donors (Lipinski definition) is 1. The monoisotopic (exact) mass is 310 g/mol. The zero-order chi connectivity index (χ0) is 15.9. The molecule has 0 aliphatic carbocycles. The van der Waals surface area contributed by atoms with Crippen molar-refractivity contribution in [2.45, 2.75) is 32.0 Å². The molecule has 22 heavy (non-hydrogen) atoms. The summed E-state index contributed by atoms with van der Waals surface area (Å²) in [6.07, 6.45) is 0.418. The quantitative estimate of drug-likeness (QED) is 0.808. The van der Waals surface area contributed by atoms with Crippen LogP contribution in [0.2, 0.25) is 0 Å². The van der Waals surface area contributed by atoms with Crippen LogP contribution in [0.3, 0.4) is 0 Å². The van der Waals surface area contributed by atoms with Crippen molar-refractivity contribution in [3.63, 3.8) is 0 Å². The molecule has 6 heteroatoms. The number of methoxy groups -OCH3 is 1. The molecule has 0 spiro atoms. The number of hydrogen-bond acceptors (Lipinski definition) is 6. The Bertz CT molecular complexity index is 495. The molecule has 122 valence electrons. The van der Waals surface area contributed by atoms with Crippen LogP contribution in [0.1, 0.15) is 31.4 Å². The molecule has 1 unspecified atom stereocenters. The molecule has 0 bridgehead atoms. The van der Waals surface area contributed by atoms with Gasteiger partial charge in [0.1, 0.15) is 6.10 Å². The zero-order valence-corrected chi connectivity index (χ0v) is 12.9. The minimum atomic E-state index is -1.33. The Morgan fingerprint density at radius 1 is 1.36 bits per heavy atom. The maximum atomic E-state index is 11.6. The summed E-state index contributed by atoms with van der Waals surface area (Å²) in [5.74, 6) is 0.393. The molecule has 1 N–H and O–H groups in total. The summed E-state index contributed by atoms with van der Waals surface area (Å²) in [5.41, 5.74) is 0.412. The molecule has 1 aliphatic rings. The van der Waals surface area contributed by atoms with Crippen LogP contribution in [0.5, 0.6) is 11.5 Å². The van der Waals surface area contributed by atoms with Gasteiger partial charge in [-0.2, -0.15) is 0 Å². The van der Waals surface area contributed by atoms with E-state index >= 15 is 0 Å². The second-order valence-corrected chi connectivity index (χ2v) is 4.99. The highest BCUT2D eigenvalue weighted by atomic mass is 16.5. The number of ether oxygens (including phenoxy) is 4. The number of rotatable bonds is 6. The largest absolute Gasteiger partial charge is 0.493 e. The molecule has 2 rings (SSSR count). The van der Waals surface area contributed by atoms with E-state index in [2.05, 4.69) is 0 Å². The molecule has 1 atom stereocenters. The highest BCUT2D eigenvalue weighted by Crippen LogP contribution is 2.32. The minimum absolute atomic E-state index is 0.0866. The van der Waals surface area contributed by atoms with Crippen molar-refractivity contribution >= 4 is 5.97 Å². The third-order valence-corrected chi connectivity index (χ3v) is 3.48. The second-order valence-electron chi connectivity index (χ2n) is 4.99. The summed E-state index contributed by atoms with van der Waals surface area (Å²) in [6.45, 7) is 3.28. The molecule has 1 saturated heterocycles. The van der Waals surface area contributed by atoms with Gasteiger partial charge in [0.15, 0.2) is 17.6 Å². The van der Waals surface area contributed by atoms with Crippen LogP contribution >= 0.6 is 0 Å². The van der Waals surface area contributed by atoms with Crippen LogP contribution in [-0.4, -0.2) is 44.1 Å². The molecular weight excluding hydrogens is 288 g/mol. The van der Waals surface area contributed by atoms with Gasteiger partial charge in [0.25, 0.3) is 0 Å². The van der Waals surface area contributed by atoms with E-state index in [4.69, 9.17) is 18.9 Å². The van der Waals surface area contributed by atoms with Gasteiger partial charge in [-0.25, -0.2) is 4.79 Å². The summed E-state index contributed by atoms with van der Waals surface area (Å²) in [6, 6.07) is 4.93. The lowest BCUT2D eigenvalue weighted by Gasteiger charge is -2.24. The zero-order valence-electron chi connectivity index (χ0n) is 12.9. The first-order valence-electron chi connectivity index (χ1n) is 7.42. The highest BCUT2D eigenvalue weighted by Gasteiger charge is 2.22. The first-order chi connectivity index (χ1) is 10.7. The number of carbonyl (C=O) groups excluding carboxylic acids is 1. The van der Waals surface area contributed by atoms with Gasteiger partial charge in [-0.3, -0.25) is 0 Å². The summed E-state index contributed by atoms with van der Waals surface area (Å²) in [5, 5.41) is 9.96. The lowest BCUT2D eigenvalue weighted by Crippen LogP contribution is -2.26. The van der Waals surface area contributed by atoms with E-state index in [1.165, 1.54) is 7.11 Å². The summed E-state index contributed by atoms with van der Waals surface area (Å²) in [4.78, 5) is 11.6. The third-order valence-electron chi connectivity index (χ3n) is 3.48. The maximum Gasteiger partial charge on any atom is 0.339 e. The van der Waals surface area contributed by atoms with Gasteiger partial charge in [0.2, 0.25) is 0 Å². The van der Waals surface area contributed by atoms with Gasteiger partial charge >= 0.3 is 5.97 Å². The van der Waals surface area contributed by atoms with Crippen LogP contribution < -0.4 is 9.47 Å². The van der Waals surface area contributed by atoms with Crippen molar-refractivity contribution in [3.05, 3.63) is 23.8 Å². The van der Waals surface area contributed by atoms with Crippen LogP contribution in [0.15, 0.2) is 18.2 Å². The molecule has 0 saturated carbocycles. The number of benzene rings is 1. The van der Waals surface area contributed by atoms with Gasteiger partial charge in [-0.1, -0.05) is 6.07 Å². The molecular formula is C16H22O6. The lowest BCUT2D eigenvalue weighted by atomic mass is 10.1. The number of esters is 1. The van der Waals surface area contributed by atoms with Crippen molar-refractivity contribution in [1.29, 1.82) is 0 Å². The Labute approximate surface area is 129 Å². The van der Waals surface area contributed by atoms with Crippen LogP contribution in [0.25, 0.3) is 0 Å². The van der Waals surface area contributed by atoms with Crippen molar-refractivity contribution < 1.29 is 28.8 Å². The minimum Gasteiger partial charge on any atom is -0.493 e. The number of carbonyl (C=O) groups is 1. The average Bonchev–Trinajstić information content (AvgIpc) is 2.55. The topological polar surface area (TPSA) is 74.2 Å². The van der Waals surface area contributed by atoms with Crippen molar-refractivity contribution in [2.24, 2.45) is 0 Å².